The number of amides is 1. The number of likely N-dealkylation sites (tertiary alicyclic amines) is 1. The Morgan fingerprint density at radius 3 is 2.37 bits per heavy atom. The van der Waals surface area contributed by atoms with E-state index in [0.717, 1.165) is 43.9 Å². The van der Waals surface area contributed by atoms with E-state index in [1.54, 1.807) is 7.11 Å². The molecule has 1 aliphatic heterocycles. The number of hydrogen-bond donors (Lipinski definition) is 0. The summed E-state index contributed by atoms with van der Waals surface area (Å²) in [6.07, 6.45) is 4.92. The van der Waals surface area contributed by atoms with Gasteiger partial charge in [0.1, 0.15) is 11.5 Å². The SMILES string of the molecule is COc1ccc(CCC2CCN(C(=O)CCOc3ccccc3)CC2)cc1. The molecule has 0 aromatic heterocycles. The van der Waals surface area contributed by atoms with Gasteiger partial charge in [-0.1, -0.05) is 30.3 Å². The molecule has 0 radical (unpaired) electrons. The van der Waals surface area contributed by atoms with Gasteiger partial charge in [0.2, 0.25) is 5.91 Å². The maximum atomic E-state index is 12.4. The van der Waals surface area contributed by atoms with Crippen molar-refractivity contribution in [2.24, 2.45) is 5.92 Å². The third-order valence-corrected chi connectivity index (χ3v) is 5.30. The van der Waals surface area contributed by atoms with E-state index < -0.39 is 0 Å². The van der Waals surface area contributed by atoms with Crippen molar-refractivity contribution < 1.29 is 14.3 Å². The van der Waals surface area contributed by atoms with E-state index in [9.17, 15) is 4.79 Å². The highest BCUT2D eigenvalue weighted by Gasteiger charge is 2.22. The first-order chi connectivity index (χ1) is 13.2. The Bertz CT molecular complexity index is 691. The number of carbonyl (C=O) groups is 1. The Morgan fingerprint density at radius 1 is 1.00 bits per heavy atom. The van der Waals surface area contributed by atoms with Gasteiger partial charge in [-0.3, -0.25) is 4.79 Å². The van der Waals surface area contributed by atoms with Crippen LogP contribution in [0.15, 0.2) is 54.6 Å². The molecule has 0 aliphatic carbocycles. The van der Waals surface area contributed by atoms with Gasteiger partial charge in [-0.2, -0.15) is 0 Å². The van der Waals surface area contributed by atoms with Crippen LogP contribution >= 0.6 is 0 Å². The predicted molar refractivity (Wildman–Crippen MR) is 107 cm³/mol. The topological polar surface area (TPSA) is 38.8 Å². The van der Waals surface area contributed by atoms with Crippen molar-refractivity contribution in [3.05, 3.63) is 60.2 Å². The number of hydrogen-bond acceptors (Lipinski definition) is 3. The Kier molecular flexibility index (Phi) is 7.14. The van der Waals surface area contributed by atoms with Crippen LogP contribution in [0.5, 0.6) is 11.5 Å². The molecule has 0 saturated carbocycles. The van der Waals surface area contributed by atoms with Gasteiger partial charge in [-0.05, 0) is 61.4 Å². The van der Waals surface area contributed by atoms with Gasteiger partial charge >= 0.3 is 0 Å². The maximum absolute atomic E-state index is 12.4. The molecular formula is C23H29NO3. The normalized spacial score (nSPS) is 14.8. The summed E-state index contributed by atoms with van der Waals surface area (Å²) >= 11 is 0. The predicted octanol–water partition coefficient (Wildman–Crippen LogP) is 4.34. The zero-order chi connectivity index (χ0) is 18.9. The fraction of sp³-hybridized carbons (Fsp3) is 0.435. The molecule has 1 saturated heterocycles. The second-order valence-electron chi connectivity index (χ2n) is 7.12. The number of ether oxygens (including phenoxy) is 2. The average Bonchev–Trinajstić information content (AvgIpc) is 2.73. The van der Waals surface area contributed by atoms with E-state index in [0.29, 0.717) is 18.9 Å². The zero-order valence-corrected chi connectivity index (χ0v) is 16.1. The first kappa shape index (κ1) is 19.3. The molecule has 1 aliphatic rings. The van der Waals surface area contributed by atoms with Crippen molar-refractivity contribution >= 4 is 5.91 Å². The van der Waals surface area contributed by atoms with Gasteiger partial charge in [-0.25, -0.2) is 0 Å². The number of rotatable bonds is 8. The minimum absolute atomic E-state index is 0.208. The number of para-hydroxylation sites is 1. The molecule has 144 valence electrons. The van der Waals surface area contributed by atoms with Gasteiger partial charge in [0, 0.05) is 13.1 Å². The van der Waals surface area contributed by atoms with Crippen molar-refractivity contribution in [2.75, 3.05) is 26.8 Å². The van der Waals surface area contributed by atoms with Crippen molar-refractivity contribution in [3.8, 4) is 11.5 Å². The largest absolute Gasteiger partial charge is 0.497 e. The first-order valence-electron chi connectivity index (χ1n) is 9.83. The molecule has 1 amide bonds. The van der Waals surface area contributed by atoms with Crippen LogP contribution in [-0.4, -0.2) is 37.6 Å². The number of piperidine rings is 1. The average molecular weight is 367 g/mol. The number of nitrogens with zero attached hydrogens (tertiary/aromatic N) is 1. The van der Waals surface area contributed by atoms with Gasteiger partial charge in [0.25, 0.3) is 0 Å². The van der Waals surface area contributed by atoms with Crippen LogP contribution in [0.25, 0.3) is 0 Å². The Balaban J connectivity index is 1.33. The summed E-state index contributed by atoms with van der Waals surface area (Å²) in [6, 6.07) is 18.0. The minimum atomic E-state index is 0.208. The van der Waals surface area contributed by atoms with Crippen LogP contribution in [0, 0.1) is 5.92 Å². The fourth-order valence-corrected chi connectivity index (χ4v) is 3.57. The van der Waals surface area contributed by atoms with Gasteiger partial charge in [-0.15, -0.1) is 0 Å². The molecular weight excluding hydrogens is 338 g/mol. The van der Waals surface area contributed by atoms with E-state index >= 15 is 0 Å². The summed E-state index contributed by atoms with van der Waals surface area (Å²) in [7, 11) is 1.69. The molecule has 27 heavy (non-hydrogen) atoms. The second kappa shape index (κ2) is 10.0. The van der Waals surface area contributed by atoms with Crippen LogP contribution in [0.3, 0.4) is 0 Å². The van der Waals surface area contributed by atoms with Crippen LogP contribution in [0.1, 0.15) is 31.2 Å². The quantitative estimate of drug-likeness (QED) is 0.697. The lowest BCUT2D eigenvalue weighted by molar-refractivity contribution is -0.133. The Labute approximate surface area is 162 Å². The lowest BCUT2D eigenvalue weighted by Crippen LogP contribution is -2.39. The molecule has 3 rings (SSSR count). The van der Waals surface area contributed by atoms with E-state index in [-0.39, 0.29) is 5.91 Å². The monoisotopic (exact) mass is 367 g/mol. The number of benzene rings is 2. The van der Waals surface area contributed by atoms with E-state index in [2.05, 4.69) is 12.1 Å². The molecule has 2 aromatic rings. The van der Waals surface area contributed by atoms with Gasteiger partial charge < -0.3 is 14.4 Å². The summed E-state index contributed by atoms with van der Waals surface area (Å²) in [5.41, 5.74) is 1.35. The van der Waals surface area contributed by atoms with Crippen LogP contribution < -0.4 is 9.47 Å². The number of carbonyl (C=O) groups excluding carboxylic acids is 1. The highest BCUT2D eigenvalue weighted by Crippen LogP contribution is 2.23. The molecule has 0 unspecified atom stereocenters. The molecule has 0 spiro atoms. The fourth-order valence-electron chi connectivity index (χ4n) is 3.57. The smallest absolute Gasteiger partial charge is 0.225 e. The third-order valence-electron chi connectivity index (χ3n) is 5.30. The first-order valence-corrected chi connectivity index (χ1v) is 9.83. The van der Waals surface area contributed by atoms with Gasteiger partial charge in [0.05, 0.1) is 20.1 Å². The lowest BCUT2D eigenvalue weighted by Gasteiger charge is -2.32. The summed E-state index contributed by atoms with van der Waals surface area (Å²) in [5, 5.41) is 0. The van der Waals surface area contributed by atoms with E-state index in [1.807, 2.05) is 47.4 Å². The molecule has 0 bridgehead atoms. The number of methoxy groups -OCH3 is 1. The molecule has 1 fully saturated rings. The van der Waals surface area contributed by atoms with Crippen molar-refractivity contribution in [1.29, 1.82) is 0 Å². The van der Waals surface area contributed by atoms with E-state index in [1.165, 1.54) is 12.0 Å². The summed E-state index contributed by atoms with van der Waals surface area (Å²) in [4.78, 5) is 14.4. The number of aryl methyl sites for hydroxylation is 1. The lowest BCUT2D eigenvalue weighted by atomic mass is 9.90. The molecule has 2 aromatic carbocycles. The Morgan fingerprint density at radius 2 is 1.70 bits per heavy atom. The van der Waals surface area contributed by atoms with Crippen molar-refractivity contribution in [1.82, 2.24) is 4.90 Å². The van der Waals surface area contributed by atoms with Crippen molar-refractivity contribution in [2.45, 2.75) is 32.1 Å². The molecule has 4 heteroatoms. The Hall–Kier alpha value is -2.49. The maximum Gasteiger partial charge on any atom is 0.225 e. The summed E-state index contributed by atoms with van der Waals surface area (Å²) in [5.74, 6) is 2.64. The van der Waals surface area contributed by atoms with Gasteiger partial charge in [0.15, 0.2) is 0 Å². The summed E-state index contributed by atoms with van der Waals surface area (Å²) < 4.78 is 10.8. The molecule has 1 heterocycles. The molecule has 4 nitrogen and oxygen atoms in total. The second-order valence-corrected chi connectivity index (χ2v) is 7.12. The summed E-state index contributed by atoms with van der Waals surface area (Å²) in [6.45, 7) is 2.19. The zero-order valence-electron chi connectivity index (χ0n) is 16.1. The minimum Gasteiger partial charge on any atom is -0.497 e. The molecule has 0 N–H and O–H groups in total. The van der Waals surface area contributed by atoms with Crippen molar-refractivity contribution in [3.63, 3.8) is 0 Å². The van der Waals surface area contributed by atoms with Crippen LogP contribution in [-0.2, 0) is 11.2 Å². The van der Waals surface area contributed by atoms with E-state index in [4.69, 9.17) is 9.47 Å². The standard InChI is InChI=1S/C23H29NO3/c1-26-21-11-9-19(10-12-21)7-8-20-13-16-24(17-14-20)23(25)15-18-27-22-5-3-2-4-6-22/h2-6,9-12,20H,7-8,13-18H2,1H3. The van der Waals surface area contributed by atoms with Crippen LogP contribution in [0.2, 0.25) is 0 Å². The van der Waals surface area contributed by atoms with Crippen LogP contribution in [0.4, 0.5) is 0 Å². The highest BCUT2D eigenvalue weighted by molar-refractivity contribution is 5.76. The third kappa shape index (κ3) is 6.02. The highest BCUT2D eigenvalue weighted by atomic mass is 16.5. The molecule has 0 atom stereocenters.